The van der Waals surface area contributed by atoms with Gasteiger partial charge in [-0.15, -0.1) is 11.3 Å². The Kier molecular flexibility index (Phi) is 4.04. The molecule has 0 radical (unpaired) electrons. The van der Waals surface area contributed by atoms with Crippen molar-refractivity contribution < 1.29 is 4.74 Å². The molecule has 3 N–H and O–H groups in total. The maximum Gasteiger partial charge on any atom is 0.180 e. The van der Waals surface area contributed by atoms with E-state index in [0.717, 1.165) is 17.1 Å². The van der Waals surface area contributed by atoms with E-state index in [9.17, 15) is 0 Å². The Morgan fingerprint density at radius 2 is 2.17 bits per heavy atom. The average Bonchev–Trinajstić information content (AvgIpc) is 2.73. The first-order valence-corrected chi connectivity index (χ1v) is 6.72. The van der Waals surface area contributed by atoms with Crippen LogP contribution in [0.2, 0.25) is 0 Å². The lowest BCUT2D eigenvalue weighted by molar-refractivity contribution is 0.243. The minimum atomic E-state index is 0.155. The molecular formula is C13H17N3OS. The monoisotopic (exact) mass is 263 g/mol. The molecule has 0 spiro atoms. The third-order valence-corrected chi connectivity index (χ3v) is 3.00. The Morgan fingerprint density at radius 3 is 2.83 bits per heavy atom. The van der Waals surface area contributed by atoms with Gasteiger partial charge >= 0.3 is 0 Å². The molecule has 0 saturated heterocycles. The zero-order chi connectivity index (χ0) is 13.0. The van der Waals surface area contributed by atoms with Crippen LogP contribution in [-0.4, -0.2) is 11.1 Å². The van der Waals surface area contributed by atoms with Crippen molar-refractivity contribution in [2.24, 2.45) is 0 Å². The van der Waals surface area contributed by atoms with Crippen LogP contribution in [0.15, 0.2) is 29.6 Å². The molecule has 0 unspecified atom stereocenters. The predicted molar refractivity (Wildman–Crippen MR) is 76.1 cm³/mol. The molecule has 2 aromatic rings. The lowest BCUT2D eigenvalue weighted by atomic mass is 10.3. The summed E-state index contributed by atoms with van der Waals surface area (Å²) in [5.74, 6) is 0.857. The number of nitrogens with zero attached hydrogens (tertiary/aromatic N) is 1. The van der Waals surface area contributed by atoms with Gasteiger partial charge < -0.3 is 15.8 Å². The molecule has 5 heteroatoms. The summed E-state index contributed by atoms with van der Waals surface area (Å²) in [5.41, 5.74) is 7.51. The fourth-order valence-electron chi connectivity index (χ4n) is 1.56. The fourth-order valence-corrected chi connectivity index (χ4v) is 2.12. The number of nitrogen functional groups attached to an aromatic ring is 1. The van der Waals surface area contributed by atoms with Crippen LogP contribution in [0, 0.1) is 0 Å². The standard InChI is InChI=1S/C13H17N3OS/c1-9(2)17-12-6-4-3-5-11(12)15-7-10-8-18-13(14)16-10/h3-6,8-9,15H,7H2,1-2H3,(H2,14,16). The number of hydrogen-bond acceptors (Lipinski definition) is 5. The minimum Gasteiger partial charge on any atom is -0.489 e. The second-order valence-corrected chi connectivity index (χ2v) is 5.08. The van der Waals surface area contributed by atoms with Crippen LogP contribution in [-0.2, 0) is 6.54 Å². The SMILES string of the molecule is CC(C)Oc1ccccc1NCc1csc(N)n1. The van der Waals surface area contributed by atoms with Gasteiger partial charge in [0.2, 0.25) is 0 Å². The van der Waals surface area contributed by atoms with Crippen LogP contribution in [0.1, 0.15) is 19.5 Å². The number of rotatable bonds is 5. The maximum atomic E-state index is 5.73. The number of ether oxygens (including phenoxy) is 1. The Morgan fingerprint density at radius 1 is 1.39 bits per heavy atom. The van der Waals surface area contributed by atoms with Crippen molar-refractivity contribution >= 4 is 22.2 Å². The first-order valence-electron chi connectivity index (χ1n) is 5.84. The summed E-state index contributed by atoms with van der Waals surface area (Å²) in [6.45, 7) is 4.67. The summed E-state index contributed by atoms with van der Waals surface area (Å²) < 4.78 is 5.73. The van der Waals surface area contributed by atoms with Crippen molar-refractivity contribution in [3.05, 3.63) is 35.3 Å². The molecule has 0 aliphatic heterocycles. The number of thiazole rings is 1. The molecule has 0 saturated carbocycles. The van der Waals surface area contributed by atoms with Crippen LogP contribution < -0.4 is 15.8 Å². The van der Waals surface area contributed by atoms with Crippen LogP contribution in [0.4, 0.5) is 10.8 Å². The first kappa shape index (κ1) is 12.7. The Balaban J connectivity index is 2.04. The van der Waals surface area contributed by atoms with E-state index in [-0.39, 0.29) is 6.10 Å². The van der Waals surface area contributed by atoms with Gasteiger partial charge in [0, 0.05) is 5.38 Å². The van der Waals surface area contributed by atoms with Crippen molar-refractivity contribution in [2.75, 3.05) is 11.1 Å². The number of para-hydroxylation sites is 2. The molecule has 1 aromatic heterocycles. The van der Waals surface area contributed by atoms with Crippen LogP contribution in [0.25, 0.3) is 0 Å². The molecule has 0 atom stereocenters. The number of hydrogen-bond donors (Lipinski definition) is 2. The highest BCUT2D eigenvalue weighted by molar-refractivity contribution is 7.13. The highest BCUT2D eigenvalue weighted by Crippen LogP contribution is 2.25. The van der Waals surface area contributed by atoms with Gasteiger partial charge in [0.1, 0.15) is 5.75 Å². The van der Waals surface area contributed by atoms with Crippen LogP contribution in [0.3, 0.4) is 0 Å². The lowest BCUT2D eigenvalue weighted by Gasteiger charge is -2.14. The van der Waals surface area contributed by atoms with Crippen molar-refractivity contribution in [1.29, 1.82) is 0 Å². The number of nitrogens with one attached hydrogen (secondary N) is 1. The predicted octanol–water partition coefficient (Wildman–Crippen LogP) is 3.12. The first-order chi connectivity index (χ1) is 8.65. The van der Waals surface area contributed by atoms with Gasteiger partial charge in [-0.05, 0) is 26.0 Å². The zero-order valence-electron chi connectivity index (χ0n) is 10.5. The quantitative estimate of drug-likeness (QED) is 0.870. The van der Waals surface area contributed by atoms with Gasteiger partial charge in [0.05, 0.1) is 24.0 Å². The third-order valence-electron chi connectivity index (χ3n) is 2.28. The van der Waals surface area contributed by atoms with Crippen molar-refractivity contribution in [2.45, 2.75) is 26.5 Å². The van der Waals surface area contributed by atoms with E-state index in [1.807, 2.05) is 43.5 Å². The molecule has 4 nitrogen and oxygen atoms in total. The molecule has 18 heavy (non-hydrogen) atoms. The molecule has 0 fully saturated rings. The Hall–Kier alpha value is -1.75. The number of aromatic nitrogens is 1. The largest absolute Gasteiger partial charge is 0.489 e. The van der Waals surface area contributed by atoms with Gasteiger partial charge in [-0.2, -0.15) is 0 Å². The summed E-state index contributed by atoms with van der Waals surface area (Å²) >= 11 is 1.45. The molecule has 1 aromatic carbocycles. The Bertz CT molecular complexity index is 510. The fraction of sp³-hybridized carbons (Fsp3) is 0.308. The molecule has 0 amide bonds. The van der Waals surface area contributed by atoms with Gasteiger partial charge in [-0.1, -0.05) is 12.1 Å². The molecular weight excluding hydrogens is 246 g/mol. The van der Waals surface area contributed by atoms with E-state index in [0.29, 0.717) is 11.7 Å². The molecule has 96 valence electrons. The topological polar surface area (TPSA) is 60.2 Å². The van der Waals surface area contributed by atoms with Crippen LogP contribution in [0.5, 0.6) is 5.75 Å². The van der Waals surface area contributed by atoms with E-state index in [2.05, 4.69) is 10.3 Å². The molecule has 2 rings (SSSR count). The number of benzene rings is 1. The molecule has 0 aliphatic carbocycles. The maximum absolute atomic E-state index is 5.73. The number of anilines is 2. The Labute approximate surface area is 111 Å². The van der Waals surface area contributed by atoms with E-state index in [1.165, 1.54) is 11.3 Å². The third kappa shape index (κ3) is 3.37. The molecule has 0 aliphatic rings. The summed E-state index contributed by atoms with van der Waals surface area (Å²) in [7, 11) is 0. The second kappa shape index (κ2) is 5.73. The smallest absolute Gasteiger partial charge is 0.180 e. The van der Waals surface area contributed by atoms with E-state index in [4.69, 9.17) is 10.5 Å². The summed E-state index contributed by atoms with van der Waals surface area (Å²) in [4.78, 5) is 4.21. The highest BCUT2D eigenvalue weighted by atomic mass is 32.1. The van der Waals surface area contributed by atoms with Gasteiger partial charge in [0.25, 0.3) is 0 Å². The lowest BCUT2D eigenvalue weighted by Crippen LogP contribution is -2.08. The van der Waals surface area contributed by atoms with E-state index >= 15 is 0 Å². The number of nitrogens with two attached hydrogens (primary N) is 1. The van der Waals surface area contributed by atoms with Gasteiger partial charge in [0.15, 0.2) is 5.13 Å². The summed E-state index contributed by atoms with van der Waals surface area (Å²) in [6, 6.07) is 7.89. The average molecular weight is 263 g/mol. The normalized spacial score (nSPS) is 10.6. The summed E-state index contributed by atoms with van der Waals surface area (Å²) in [6.07, 6.45) is 0.155. The molecule has 1 heterocycles. The van der Waals surface area contributed by atoms with Crippen LogP contribution >= 0.6 is 11.3 Å². The second-order valence-electron chi connectivity index (χ2n) is 4.19. The highest BCUT2D eigenvalue weighted by Gasteiger charge is 2.05. The summed E-state index contributed by atoms with van der Waals surface area (Å²) in [5, 5.41) is 5.86. The zero-order valence-corrected chi connectivity index (χ0v) is 11.3. The van der Waals surface area contributed by atoms with Gasteiger partial charge in [-0.3, -0.25) is 0 Å². The van der Waals surface area contributed by atoms with Crippen molar-refractivity contribution in [3.63, 3.8) is 0 Å². The minimum absolute atomic E-state index is 0.155. The van der Waals surface area contributed by atoms with Gasteiger partial charge in [-0.25, -0.2) is 4.98 Å². The molecule has 0 bridgehead atoms. The van der Waals surface area contributed by atoms with E-state index in [1.54, 1.807) is 0 Å². The van der Waals surface area contributed by atoms with E-state index < -0.39 is 0 Å². The van der Waals surface area contributed by atoms with Crippen molar-refractivity contribution in [3.8, 4) is 5.75 Å². The van der Waals surface area contributed by atoms with Crippen molar-refractivity contribution in [1.82, 2.24) is 4.98 Å².